The molecule has 2 aromatic rings. The Balaban J connectivity index is 1.92. The van der Waals surface area contributed by atoms with Crippen LogP contribution in [0, 0.1) is 6.92 Å². The van der Waals surface area contributed by atoms with Crippen molar-refractivity contribution >= 4 is 11.6 Å². The van der Waals surface area contributed by atoms with Crippen molar-refractivity contribution in [2.24, 2.45) is 0 Å². The SMILES string of the molecule is Cc1cc(N)ccc1-c1nc(N2CCCC2)no1. The largest absolute Gasteiger partial charge is 0.399 e. The van der Waals surface area contributed by atoms with Gasteiger partial charge in [-0.05, 0) is 48.7 Å². The molecule has 0 amide bonds. The Morgan fingerprint density at radius 2 is 2.06 bits per heavy atom. The lowest BCUT2D eigenvalue weighted by Gasteiger charge is -2.09. The van der Waals surface area contributed by atoms with Crippen LogP contribution in [0.1, 0.15) is 18.4 Å². The molecule has 0 saturated carbocycles. The van der Waals surface area contributed by atoms with Crippen molar-refractivity contribution in [3.05, 3.63) is 23.8 Å². The molecular weight excluding hydrogens is 228 g/mol. The van der Waals surface area contributed by atoms with Gasteiger partial charge in [-0.15, -0.1) is 0 Å². The summed E-state index contributed by atoms with van der Waals surface area (Å²) < 4.78 is 5.34. The number of nitrogens with zero attached hydrogens (tertiary/aromatic N) is 3. The van der Waals surface area contributed by atoms with Crippen molar-refractivity contribution in [3.8, 4) is 11.5 Å². The normalized spacial score (nSPS) is 15.3. The number of anilines is 2. The van der Waals surface area contributed by atoms with Gasteiger partial charge >= 0.3 is 0 Å². The first kappa shape index (κ1) is 11.1. The molecule has 3 rings (SSSR count). The van der Waals surface area contributed by atoms with Crippen LogP contribution in [0.2, 0.25) is 0 Å². The Bertz CT molecular complexity index is 558. The highest BCUT2D eigenvalue weighted by molar-refractivity contribution is 5.63. The van der Waals surface area contributed by atoms with Crippen molar-refractivity contribution in [2.75, 3.05) is 23.7 Å². The zero-order valence-electron chi connectivity index (χ0n) is 10.4. The lowest BCUT2D eigenvalue weighted by atomic mass is 10.1. The second-order valence-corrected chi connectivity index (χ2v) is 4.67. The number of benzene rings is 1. The van der Waals surface area contributed by atoms with Gasteiger partial charge < -0.3 is 15.2 Å². The van der Waals surface area contributed by atoms with Gasteiger partial charge in [0.05, 0.1) is 0 Å². The summed E-state index contributed by atoms with van der Waals surface area (Å²) in [6.07, 6.45) is 2.40. The fraction of sp³-hybridized carbons (Fsp3) is 0.385. The number of hydrogen-bond donors (Lipinski definition) is 1. The number of aromatic nitrogens is 2. The first-order chi connectivity index (χ1) is 8.74. The minimum atomic E-state index is 0.564. The summed E-state index contributed by atoms with van der Waals surface area (Å²) in [5.41, 5.74) is 8.48. The second kappa shape index (κ2) is 4.33. The Morgan fingerprint density at radius 1 is 1.28 bits per heavy atom. The average molecular weight is 244 g/mol. The topological polar surface area (TPSA) is 68.2 Å². The molecule has 5 heteroatoms. The van der Waals surface area contributed by atoms with Crippen LogP contribution < -0.4 is 10.6 Å². The van der Waals surface area contributed by atoms with Gasteiger partial charge in [0.2, 0.25) is 0 Å². The van der Waals surface area contributed by atoms with E-state index in [4.69, 9.17) is 10.3 Å². The van der Waals surface area contributed by atoms with E-state index in [0.29, 0.717) is 11.8 Å². The Morgan fingerprint density at radius 3 is 2.78 bits per heavy atom. The van der Waals surface area contributed by atoms with Crippen molar-refractivity contribution in [3.63, 3.8) is 0 Å². The molecule has 1 aliphatic heterocycles. The van der Waals surface area contributed by atoms with Gasteiger partial charge in [0.1, 0.15) is 0 Å². The van der Waals surface area contributed by atoms with Gasteiger partial charge in [-0.25, -0.2) is 0 Å². The predicted octanol–water partition coefficient (Wildman–Crippen LogP) is 2.23. The van der Waals surface area contributed by atoms with Gasteiger partial charge in [-0.2, -0.15) is 4.98 Å². The number of hydrogen-bond acceptors (Lipinski definition) is 5. The summed E-state index contributed by atoms with van der Waals surface area (Å²) in [7, 11) is 0. The predicted molar refractivity (Wildman–Crippen MR) is 70.3 cm³/mol. The van der Waals surface area contributed by atoms with Gasteiger partial charge in [-0.3, -0.25) is 0 Å². The zero-order valence-corrected chi connectivity index (χ0v) is 10.4. The van der Waals surface area contributed by atoms with E-state index in [2.05, 4.69) is 15.0 Å². The molecule has 2 N–H and O–H groups in total. The van der Waals surface area contributed by atoms with Crippen LogP contribution in [0.15, 0.2) is 22.7 Å². The van der Waals surface area contributed by atoms with E-state index in [-0.39, 0.29) is 0 Å². The summed E-state index contributed by atoms with van der Waals surface area (Å²) in [6, 6.07) is 5.68. The lowest BCUT2D eigenvalue weighted by Crippen LogP contribution is -2.18. The van der Waals surface area contributed by atoms with E-state index in [0.717, 1.165) is 29.9 Å². The third-order valence-corrected chi connectivity index (χ3v) is 3.29. The summed E-state index contributed by atoms with van der Waals surface area (Å²) in [4.78, 5) is 6.61. The smallest absolute Gasteiger partial charge is 0.266 e. The molecule has 0 radical (unpaired) electrons. The summed E-state index contributed by atoms with van der Waals surface area (Å²) in [6.45, 7) is 4.02. The third kappa shape index (κ3) is 1.92. The average Bonchev–Trinajstić information content (AvgIpc) is 2.99. The van der Waals surface area contributed by atoms with Crippen molar-refractivity contribution in [1.29, 1.82) is 0 Å². The van der Waals surface area contributed by atoms with E-state index < -0.39 is 0 Å². The van der Waals surface area contributed by atoms with Gasteiger partial charge in [0, 0.05) is 24.3 Å². The molecule has 5 nitrogen and oxygen atoms in total. The molecule has 0 spiro atoms. The minimum Gasteiger partial charge on any atom is -0.399 e. The number of aryl methyl sites for hydroxylation is 1. The maximum atomic E-state index is 5.74. The van der Waals surface area contributed by atoms with Crippen LogP contribution in [0.5, 0.6) is 0 Å². The highest BCUT2D eigenvalue weighted by atomic mass is 16.5. The number of nitrogen functional groups attached to an aromatic ring is 1. The fourth-order valence-electron chi connectivity index (χ4n) is 2.30. The molecular formula is C13H16N4O. The van der Waals surface area contributed by atoms with E-state index in [1.54, 1.807) is 0 Å². The van der Waals surface area contributed by atoms with Gasteiger partial charge in [-0.1, -0.05) is 0 Å². The summed E-state index contributed by atoms with van der Waals surface area (Å²) in [5.74, 6) is 1.26. The molecule has 1 aromatic carbocycles. The molecule has 0 unspecified atom stereocenters. The molecule has 1 aromatic heterocycles. The maximum absolute atomic E-state index is 5.74. The Kier molecular flexibility index (Phi) is 2.66. The molecule has 1 saturated heterocycles. The van der Waals surface area contributed by atoms with Crippen LogP contribution in [0.4, 0.5) is 11.6 Å². The lowest BCUT2D eigenvalue weighted by molar-refractivity contribution is 0.430. The standard InChI is InChI=1S/C13H16N4O/c1-9-8-10(14)4-5-11(9)12-15-13(16-18-12)17-6-2-3-7-17/h4-5,8H,2-3,6-7,14H2,1H3. The molecule has 1 fully saturated rings. The molecule has 2 heterocycles. The van der Waals surface area contributed by atoms with Crippen LogP contribution in [-0.4, -0.2) is 23.2 Å². The van der Waals surface area contributed by atoms with E-state index in [1.165, 1.54) is 12.8 Å². The van der Waals surface area contributed by atoms with E-state index in [1.807, 2.05) is 25.1 Å². The second-order valence-electron chi connectivity index (χ2n) is 4.67. The first-order valence-corrected chi connectivity index (χ1v) is 6.19. The van der Waals surface area contributed by atoms with E-state index in [9.17, 15) is 0 Å². The highest BCUT2D eigenvalue weighted by Gasteiger charge is 2.19. The molecule has 0 atom stereocenters. The first-order valence-electron chi connectivity index (χ1n) is 6.19. The molecule has 18 heavy (non-hydrogen) atoms. The Labute approximate surface area is 106 Å². The van der Waals surface area contributed by atoms with Crippen LogP contribution in [0.25, 0.3) is 11.5 Å². The summed E-state index contributed by atoms with van der Waals surface area (Å²) >= 11 is 0. The fourth-order valence-corrected chi connectivity index (χ4v) is 2.30. The van der Waals surface area contributed by atoms with Crippen LogP contribution in [0.3, 0.4) is 0 Å². The zero-order chi connectivity index (χ0) is 12.5. The van der Waals surface area contributed by atoms with Crippen molar-refractivity contribution < 1.29 is 4.52 Å². The van der Waals surface area contributed by atoms with Gasteiger partial charge in [0.15, 0.2) is 0 Å². The molecule has 94 valence electrons. The minimum absolute atomic E-state index is 0.564. The van der Waals surface area contributed by atoms with E-state index >= 15 is 0 Å². The quantitative estimate of drug-likeness (QED) is 0.820. The number of nitrogens with two attached hydrogens (primary N) is 1. The maximum Gasteiger partial charge on any atom is 0.266 e. The summed E-state index contributed by atoms with van der Waals surface area (Å²) in [5, 5.41) is 4.05. The monoisotopic (exact) mass is 244 g/mol. The number of rotatable bonds is 2. The molecule has 1 aliphatic rings. The van der Waals surface area contributed by atoms with Crippen molar-refractivity contribution in [2.45, 2.75) is 19.8 Å². The van der Waals surface area contributed by atoms with Crippen LogP contribution >= 0.6 is 0 Å². The highest BCUT2D eigenvalue weighted by Crippen LogP contribution is 2.26. The van der Waals surface area contributed by atoms with Crippen molar-refractivity contribution in [1.82, 2.24) is 10.1 Å². The third-order valence-electron chi connectivity index (χ3n) is 3.29. The van der Waals surface area contributed by atoms with Gasteiger partial charge in [0.25, 0.3) is 11.8 Å². The van der Waals surface area contributed by atoms with Crippen LogP contribution in [-0.2, 0) is 0 Å². The molecule has 0 bridgehead atoms. The molecule has 0 aliphatic carbocycles. The Hall–Kier alpha value is -2.04.